The monoisotopic (exact) mass is 406 g/mol. The minimum atomic E-state index is -0.506. The minimum Gasteiger partial charge on any atom is -0.486 e. The minimum absolute atomic E-state index is 0.112. The molecule has 1 aromatic heterocycles. The topological polar surface area (TPSA) is 80.6 Å². The summed E-state index contributed by atoms with van der Waals surface area (Å²) in [5.74, 6) is 0.614. The number of hydrogen-bond acceptors (Lipinski definition) is 4. The summed E-state index contributed by atoms with van der Waals surface area (Å²) < 4.78 is 11.0. The average Bonchev–Trinajstić information content (AvgIpc) is 3.25. The van der Waals surface area contributed by atoms with Crippen LogP contribution >= 0.6 is 0 Å². The van der Waals surface area contributed by atoms with E-state index in [4.69, 9.17) is 9.15 Å². The zero-order valence-electron chi connectivity index (χ0n) is 17.0. The van der Waals surface area contributed by atoms with Gasteiger partial charge in [-0.2, -0.15) is 0 Å². The molecule has 0 radical (unpaired) electrons. The summed E-state index contributed by atoms with van der Waals surface area (Å²) in [7, 11) is 0. The number of unbranched alkanes of at least 4 members (excludes halogenated alkanes) is 1. The maximum atomic E-state index is 12.1. The molecule has 0 aliphatic carbocycles. The molecule has 0 fully saturated rings. The normalized spacial score (nSPS) is 10.4. The van der Waals surface area contributed by atoms with Crippen LogP contribution in [0, 0.1) is 6.92 Å². The van der Waals surface area contributed by atoms with E-state index in [1.807, 2.05) is 30.3 Å². The first-order chi connectivity index (χ1) is 14.6. The molecule has 0 spiro atoms. The largest absolute Gasteiger partial charge is 0.486 e. The first kappa shape index (κ1) is 21.2. The molecule has 3 aromatic rings. The van der Waals surface area contributed by atoms with Crippen LogP contribution in [0.1, 0.15) is 46.7 Å². The van der Waals surface area contributed by atoms with Crippen LogP contribution in [-0.4, -0.2) is 11.8 Å². The van der Waals surface area contributed by atoms with E-state index in [0.717, 1.165) is 25.0 Å². The Labute approximate surface area is 176 Å². The van der Waals surface area contributed by atoms with E-state index in [1.54, 1.807) is 12.1 Å². The maximum absolute atomic E-state index is 12.1. The van der Waals surface area contributed by atoms with Gasteiger partial charge < -0.3 is 9.15 Å². The third kappa shape index (κ3) is 6.81. The van der Waals surface area contributed by atoms with Gasteiger partial charge in [0.05, 0.1) is 0 Å². The lowest BCUT2D eigenvalue weighted by Crippen LogP contribution is -2.41. The number of carbonyl (C=O) groups excluding carboxylic acids is 2. The van der Waals surface area contributed by atoms with Gasteiger partial charge in [0.1, 0.15) is 18.1 Å². The Bertz CT molecular complexity index is 949. The third-order valence-electron chi connectivity index (χ3n) is 4.57. The van der Waals surface area contributed by atoms with Crippen LogP contribution in [0.5, 0.6) is 5.75 Å². The second-order valence-electron chi connectivity index (χ2n) is 7.06. The fourth-order valence-corrected chi connectivity index (χ4v) is 2.87. The summed E-state index contributed by atoms with van der Waals surface area (Å²) in [4.78, 5) is 24.0. The van der Waals surface area contributed by atoms with Crippen LogP contribution in [0.25, 0.3) is 0 Å². The molecule has 2 N–H and O–H groups in total. The Balaban J connectivity index is 1.33. The molecule has 2 amide bonds. The van der Waals surface area contributed by atoms with Crippen LogP contribution < -0.4 is 15.6 Å². The van der Waals surface area contributed by atoms with Crippen molar-refractivity contribution in [2.24, 2.45) is 0 Å². The van der Waals surface area contributed by atoms with E-state index in [-0.39, 0.29) is 18.3 Å². The first-order valence-electron chi connectivity index (χ1n) is 10.0. The van der Waals surface area contributed by atoms with Gasteiger partial charge in [0.25, 0.3) is 0 Å². The molecule has 0 saturated carbocycles. The number of benzene rings is 2. The molecule has 3 rings (SSSR count). The van der Waals surface area contributed by atoms with Gasteiger partial charge in [-0.25, -0.2) is 0 Å². The van der Waals surface area contributed by atoms with Crippen molar-refractivity contribution in [2.45, 2.75) is 39.2 Å². The van der Waals surface area contributed by atoms with E-state index in [2.05, 4.69) is 42.0 Å². The van der Waals surface area contributed by atoms with Crippen molar-refractivity contribution in [2.75, 3.05) is 0 Å². The van der Waals surface area contributed by atoms with E-state index in [9.17, 15) is 9.59 Å². The fourth-order valence-electron chi connectivity index (χ4n) is 2.87. The average molecular weight is 406 g/mol. The second kappa shape index (κ2) is 10.9. The highest BCUT2D eigenvalue weighted by atomic mass is 16.5. The second-order valence-corrected chi connectivity index (χ2v) is 7.06. The molecular formula is C24H26N2O4. The lowest BCUT2D eigenvalue weighted by molar-refractivity contribution is -0.122. The number of hydrogen-bond donors (Lipinski definition) is 2. The van der Waals surface area contributed by atoms with Crippen LogP contribution in [0.15, 0.2) is 71.1 Å². The van der Waals surface area contributed by atoms with Crippen LogP contribution in [-0.2, 0) is 17.8 Å². The number of furan rings is 1. The lowest BCUT2D eigenvalue weighted by atomic mass is 10.1. The van der Waals surface area contributed by atoms with E-state index < -0.39 is 5.91 Å². The molecule has 0 saturated heterocycles. The Kier molecular flexibility index (Phi) is 7.66. The van der Waals surface area contributed by atoms with Crippen molar-refractivity contribution in [3.63, 3.8) is 0 Å². The number of carbonyl (C=O) groups is 2. The Hall–Kier alpha value is -3.54. The summed E-state index contributed by atoms with van der Waals surface area (Å²) in [5, 5.41) is 0. The zero-order valence-corrected chi connectivity index (χ0v) is 17.0. The third-order valence-corrected chi connectivity index (χ3v) is 4.57. The Morgan fingerprint density at radius 3 is 2.43 bits per heavy atom. The molecule has 30 heavy (non-hydrogen) atoms. The number of hydrazine groups is 1. The standard InChI is InChI=1S/C24H26N2O4/c1-18-11-13-19(14-12-18)7-5-6-10-23(27)25-26-24(28)22-16-15-21(30-22)17-29-20-8-3-2-4-9-20/h2-4,8-9,11-16H,5-7,10,17H2,1H3,(H,25,27)(H,26,28). The summed E-state index contributed by atoms with van der Waals surface area (Å²) in [5.41, 5.74) is 7.30. The smallest absolute Gasteiger partial charge is 0.305 e. The molecule has 6 nitrogen and oxygen atoms in total. The van der Waals surface area contributed by atoms with Gasteiger partial charge in [0.15, 0.2) is 5.76 Å². The van der Waals surface area contributed by atoms with E-state index in [0.29, 0.717) is 12.2 Å². The van der Waals surface area contributed by atoms with Crippen molar-refractivity contribution in [1.29, 1.82) is 0 Å². The van der Waals surface area contributed by atoms with Gasteiger partial charge in [0, 0.05) is 6.42 Å². The zero-order chi connectivity index (χ0) is 21.2. The van der Waals surface area contributed by atoms with Crippen molar-refractivity contribution >= 4 is 11.8 Å². The van der Waals surface area contributed by atoms with E-state index >= 15 is 0 Å². The van der Waals surface area contributed by atoms with Crippen LogP contribution in [0.2, 0.25) is 0 Å². The molecule has 0 aliphatic rings. The molecule has 2 aromatic carbocycles. The molecule has 6 heteroatoms. The molecule has 0 unspecified atom stereocenters. The number of aryl methyl sites for hydroxylation is 2. The number of nitrogens with one attached hydrogen (secondary N) is 2. The predicted molar refractivity (Wildman–Crippen MR) is 114 cm³/mol. The number of ether oxygens (including phenoxy) is 1. The predicted octanol–water partition coefficient (Wildman–Crippen LogP) is 4.34. The van der Waals surface area contributed by atoms with Gasteiger partial charge >= 0.3 is 5.91 Å². The highest BCUT2D eigenvalue weighted by molar-refractivity contribution is 5.92. The Morgan fingerprint density at radius 1 is 0.900 bits per heavy atom. The summed E-state index contributed by atoms with van der Waals surface area (Å²) >= 11 is 0. The van der Waals surface area contributed by atoms with Crippen LogP contribution in [0.3, 0.4) is 0 Å². The molecule has 1 heterocycles. The Morgan fingerprint density at radius 2 is 1.67 bits per heavy atom. The van der Waals surface area contributed by atoms with Gasteiger partial charge in [-0.15, -0.1) is 0 Å². The number of rotatable bonds is 9. The quantitative estimate of drug-likeness (QED) is 0.409. The molecule has 156 valence electrons. The molecule has 0 aliphatic heterocycles. The molecule has 0 bridgehead atoms. The SMILES string of the molecule is Cc1ccc(CCCCC(=O)NNC(=O)c2ccc(COc3ccccc3)o2)cc1. The highest BCUT2D eigenvalue weighted by Gasteiger charge is 2.12. The summed E-state index contributed by atoms with van der Waals surface area (Å²) in [6.45, 7) is 2.27. The van der Waals surface area contributed by atoms with E-state index in [1.165, 1.54) is 11.1 Å². The van der Waals surface area contributed by atoms with Crippen molar-refractivity contribution in [1.82, 2.24) is 10.9 Å². The van der Waals surface area contributed by atoms with Crippen molar-refractivity contribution in [3.05, 3.63) is 89.4 Å². The van der Waals surface area contributed by atoms with Gasteiger partial charge in [-0.3, -0.25) is 20.4 Å². The maximum Gasteiger partial charge on any atom is 0.305 e. The van der Waals surface area contributed by atoms with Gasteiger partial charge in [-0.05, 0) is 56.0 Å². The van der Waals surface area contributed by atoms with Gasteiger partial charge in [-0.1, -0.05) is 48.0 Å². The van der Waals surface area contributed by atoms with Crippen LogP contribution in [0.4, 0.5) is 0 Å². The van der Waals surface area contributed by atoms with Crippen molar-refractivity contribution < 1.29 is 18.7 Å². The molecule has 0 atom stereocenters. The highest BCUT2D eigenvalue weighted by Crippen LogP contribution is 2.14. The van der Waals surface area contributed by atoms with Crippen molar-refractivity contribution in [3.8, 4) is 5.75 Å². The number of amides is 2. The summed E-state index contributed by atoms with van der Waals surface area (Å²) in [6.07, 6.45) is 2.94. The first-order valence-corrected chi connectivity index (χ1v) is 10.0. The van der Waals surface area contributed by atoms with Gasteiger partial charge in [0.2, 0.25) is 5.91 Å². The number of para-hydroxylation sites is 1. The fraction of sp³-hybridized carbons (Fsp3) is 0.250. The molecular weight excluding hydrogens is 380 g/mol. The lowest BCUT2D eigenvalue weighted by Gasteiger charge is -2.06. The summed E-state index contributed by atoms with van der Waals surface area (Å²) in [6, 6.07) is 21.0.